The minimum atomic E-state index is -1.01. The van der Waals surface area contributed by atoms with Crippen LogP contribution in [0, 0.1) is 12.3 Å². The smallest absolute Gasteiger partial charge is 0.336 e. The lowest BCUT2D eigenvalue weighted by atomic mass is 10.2. The lowest BCUT2D eigenvalue weighted by Gasteiger charge is -2.12. The van der Waals surface area contributed by atoms with Crippen molar-refractivity contribution in [3.8, 4) is 12.3 Å². The number of nitrogens with one attached hydrogen (secondary N) is 1. The fraction of sp³-hybridized carbons (Fsp3) is 0.231. The van der Waals surface area contributed by atoms with E-state index in [-0.39, 0.29) is 18.0 Å². The highest BCUT2D eigenvalue weighted by molar-refractivity contribution is 8.00. The number of benzene rings is 1. The molecule has 18 heavy (non-hydrogen) atoms. The monoisotopic (exact) mass is 263 g/mol. The third-order valence-electron chi connectivity index (χ3n) is 2.16. The van der Waals surface area contributed by atoms with Crippen molar-refractivity contribution in [1.82, 2.24) is 5.32 Å². The van der Waals surface area contributed by atoms with Gasteiger partial charge in [-0.15, -0.1) is 18.2 Å². The van der Waals surface area contributed by atoms with Crippen LogP contribution in [0.5, 0.6) is 0 Å². The zero-order chi connectivity index (χ0) is 13.5. The first-order chi connectivity index (χ1) is 8.56. The summed E-state index contributed by atoms with van der Waals surface area (Å²) in [6.45, 7) is 1.87. The number of carboxylic acids is 1. The van der Waals surface area contributed by atoms with Crippen LogP contribution in [0.15, 0.2) is 29.2 Å². The van der Waals surface area contributed by atoms with Gasteiger partial charge in [-0.2, -0.15) is 0 Å². The number of carbonyl (C=O) groups excluding carboxylic acids is 1. The van der Waals surface area contributed by atoms with Crippen LogP contribution in [-0.4, -0.2) is 28.8 Å². The molecule has 0 saturated carbocycles. The van der Waals surface area contributed by atoms with E-state index in [9.17, 15) is 9.59 Å². The summed E-state index contributed by atoms with van der Waals surface area (Å²) in [7, 11) is 0. The van der Waals surface area contributed by atoms with Gasteiger partial charge in [0.25, 0.3) is 0 Å². The van der Waals surface area contributed by atoms with Crippen LogP contribution in [0.25, 0.3) is 0 Å². The molecule has 0 fully saturated rings. The van der Waals surface area contributed by atoms with Crippen molar-refractivity contribution in [2.75, 3.05) is 6.54 Å². The zero-order valence-corrected chi connectivity index (χ0v) is 10.7. The first-order valence-corrected chi connectivity index (χ1v) is 6.14. The Balaban J connectivity index is 2.76. The second-order valence-corrected chi connectivity index (χ2v) is 4.87. The zero-order valence-electron chi connectivity index (χ0n) is 9.84. The predicted molar refractivity (Wildman–Crippen MR) is 70.6 cm³/mol. The summed E-state index contributed by atoms with van der Waals surface area (Å²) in [6, 6.07) is 6.58. The van der Waals surface area contributed by atoms with E-state index in [0.717, 1.165) is 0 Å². The van der Waals surface area contributed by atoms with E-state index in [0.29, 0.717) is 4.90 Å². The van der Waals surface area contributed by atoms with Gasteiger partial charge in [-0.05, 0) is 19.1 Å². The first-order valence-electron chi connectivity index (χ1n) is 5.26. The summed E-state index contributed by atoms with van der Waals surface area (Å²) in [5.74, 6) is 1.10. The van der Waals surface area contributed by atoms with Crippen molar-refractivity contribution in [2.45, 2.75) is 17.1 Å². The summed E-state index contributed by atoms with van der Waals surface area (Å²) in [6.07, 6.45) is 5.04. The van der Waals surface area contributed by atoms with Gasteiger partial charge in [0.1, 0.15) is 0 Å². The van der Waals surface area contributed by atoms with Gasteiger partial charge in [-0.3, -0.25) is 4.79 Å². The fourth-order valence-electron chi connectivity index (χ4n) is 1.27. The van der Waals surface area contributed by atoms with Crippen LogP contribution < -0.4 is 5.32 Å². The summed E-state index contributed by atoms with van der Waals surface area (Å²) >= 11 is 1.20. The Morgan fingerprint density at radius 3 is 2.78 bits per heavy atom. The molecule has 1 unspecified atom stereocenters. The molecule has 0 radical (unpaired) electrons. The number of aromatic carboxylic acids is 1. The summed E-state index contributed by atoms with van der Waals surface area (Å²) in [5.41, 5.74) is 0.194. The van der Waals surface area contributed by atoms with Gasteiger partial charge in [-0.25, -0.2) is 4.79 Å². The maximum atomic E-state index is 11.6. The largest absolute Gasteiger partial charge is 0.478 e. The first kappa shape index (κ1) is 14.1. The standard InChI is InChI=1S/C13H13NO3S/c1-3-8-14-12(15)9(2)18-11-7-5-4-6-10(11)13(16)17/h1,4-7,9H,8H2,2H3,(H,14,15)(H,16,17). The van der Waals surface area contributed by atoms with E-state index < -0.39 is 11.2 Å². The van der Waals surface area contributed by atoms with Crippen LogP contribution in [0.4, 0.5) is 0 Å². The molecule has 0 aliphatic rings. The molecule has 5 heteroatoms. The number of carbonyl (C=O) groups is 2. The van der Waals surface area contributed by atoms with Gasteiger partial charge < -0.3 is 10.4 Å². The molecular formula is C13H13NO3S. The Morgan fingerprint density at radius 1 is 1.50 bits per heavy atom. The van der Waals surface area contributed by atoms with Gasteiger partial charge in [0.15, 0.2) is 0 Å². The maximum absolute atomic E-state index is 11.6. The van der Waals surface area contributed by atoms with Crippen molar-refractivity contribution in [3.63, 3.8) is 0 Å². The minimum Gasteiger partial charge on any atom is -0.478 e. The number of carboxylic acid groups (broad SMARTS) is 1. The second kappa shape index (κ2) is 6.72. The van der Waals surface area contributed by atoms with Gasteiger partial charge in [0, 0.05) is 4.90 Å². The molecule has 94 valence electrons. The number of rotatable bonds is 5. The van der Waals surface area contributed by atoms with Crippen LogP contribution in [0.1, 0.15) is 17.3 Å². The average molecular weight is 263 g/mol. The average Bonchev–Trinajstić information content (AvgIpc) is 2.36. The molecule has 1 rings (SSSR count). The van der Waals surface area contributed by atoms with E-state index in [2.05, 4.69) is 11.2 Å². The lowest BCUT2D eigenvalue weighted by Crippen LogP contribution is -2.31. The third-order valence-corrected chi connectivity index (χ3v) is 3.33. The number of hydrogen-bond donors (Lipinski definition) is 2. The van der Waals surface area contributed by atoms with Crippen molar-refractivity contribution >= 4 is 23.6 Å². The summed E-state index contributed by atoms with van der Waals surface area (Å²) in [5, 5.41) is 11.2. The van der Waals surface area contributed by atoms with Gasteiger partial charge in [-0.1, -0.05) is 18.1 Å². The predicted octanol–water partition coefficient (Wildman–Crippen LogP) is 1.61. The third kappa shape index (κ3) is 3.82. The molecule has 0 heterocycles. The minimum absolute atomic E-state index is 0.171. The van der Waals surface area contributed by atoms with Gasteiger partial charge >= 0.3 is 5.97 Å². The van der Waals surface area contributed by atoms with Crippen molar-refractivity contribution < 1.29 is 14.7 Å². The Labute approximate surface area is 110 Å². The summed E-state index contributed by atoms with van der Waals surface area (Å²) < 4.78 is 0. The van der Waals surface area contributed by atoms with Crippen LogP contribution >= 0.6 is 11.8 Å². The highest BCUT2D eigenvalue weighted by atomic mass is 32.2. The molecular weight excluding hydrogens is 250 g/mol. The molecule has 4 nitrogen and oxygen atoms in total. The highest BCUT2D eigenvalue weighted by Gasteiger charge is 2.17. The topological polar surface area (TPSA) is 66.4 Å². The van der Waals surface area contributed by atoms with Crippen molar-refractivity contribution in [3.05, 3.63) is 29.8 Å². The van der Waals surface area contributed by atoms with Crippen LogP contribution in [0.2, 0.25) is 0 Å². The number of amides is 1. The molecule has 0 bridgehead atoms. The molecule has 1 aromatic rings. The lowest BCUT2D eigenvalue weighted by molar-refractivity contribution is -0.120. The number of terminal acetylenes is 1. The second-order valence-electron chi connectivity index (χ2n) is 3.48. The van der Waals surface area contributed by atoms with E-state index in [4.69, 9.17) is 11.5 Å². The SMILES string of the molecule is C#CCNC(=O)C(C)Sc1ccccc1C(=O)O. The number of thioether (sulfide) groups is 1. The Hall–Kier alpha value is -1.93. The number of hydrogen-bond acceptors (Lipinski definition) is 3. The van der Waals surface area contributed by atoms with Gasteiger partial charge in [0.05, 0.1) is 17.4 Å². The fourth-order valence-corrected chi connectivity index (χ4v) is 2.28. The molecule has 0 saturated heterocycles. The molecule has 1 atom stereocenters. The Bertz CT molecular complexity index is 493. The Kier molecular flexibility index (Phi) is 5.28. The normalized spacial score (nSPS) is 11.3. The van der Waals surface area contributed by atoms with E-state index in [1.165, 1.54) is 17.8 Å². The molecule has 2 N–H and O–H groups in total. The quantitative estimate of drug-likeness (QED) is 0.625. The van der Waals surface area contributed by atoms with Crippen LogP contribution in [0.3, 0.4) is 0 Å². The van der Waals surface area contributed by atoms with E-state index >= 15 is 0 Å². The molecule has 1 aromatic carbocycles. The van der Waals surface area contributed by atoms with Crippen LogP contribution in [-0.2, 0) is 4.79 Å². The Morgan fingerprint density at radius 2 is 2.17 bits per heavy atom. The molecule has 1 amide bonds. The molecule has 0 aliphatic heterocycles. The van der Waals surface area contributed by atoms with E-state index in [1.54, 1.807) is 25.1 Å². The van der Waals surface area contributed by atoms with Crippen molar-refractivity contribution in [2.24, 2.45) is 0 Å². The van der Waals surface area contributed by atoms with Gasteiger partial charge in [0.2, 0.25) is 5.91 Å². The molecule has 0 aromatic heterocycles. The maximum Gasteiger partial charge on any atom is 0.336 e. The van der Waals surface area contributed by atoms with Crippen molar-refractivity contribution in [1.29, 1.82) is 0 Å². The summed E-state index contributed by atoms with van der Waals surface area (Å²) in [4.78, 5) is 23.2. The molecule has 0 aliphatic carbocycles. The van der Waals surface area contributed by atoms with E-state index in [1.807, 2.05) is 0 Å². The highest BCUT2D eigenvalue weighted by Crippen LogP contribution is 2.26. The molecule has 0 spiro atoms.